The summed E-state index contributed by atoms with van der Waals surface area (Å²) in [5.41, 5.74) is 0.758. The van der Waals surface area contributed by atoms with Crippen molar-refractivity contribution >= 4 is 23.9 Å². The Bertz CT molecular complexity index is 655. The summed E-state index contributed by atoms with van der Waals surface area (Å²) < 4.78 is 14.7. The van der Waals surface area contributed by atoms with Crippen molar-refractivity contribution in [2.45, 2.75) is 26.3 Å². The van der Waals surface area contributed by atoms with Crippen LogP contribution in [0.2, 0.25) is 0 Å². The quantitative estimate of drug-likeness (QED) is 0.533. The summed E-state index contributed by atoms with van der Waals surface area (Å²) in [4.78, 5) is 35.4. The van der Waals surface area contributed by atoms with Crippen LogP contribution in [0.25, 0.3) is 6.08 Å². The Balaban J connectivity index is 2.53. The molecule has 0 spiro atoms. The zero-order valence-corrected chi connectivity index (χ0v) is 15.5. The van der Waals surface area contributed by atoms with Crippen LogP contribution in [0.5, 0.6) is 5.75 Å². The van der Waals surface area contributed by atoms with E-state index in [1.165, 1.54) is 13.2 Å². The molecule has 1 rings (SSSR count). The fourth-order valence-corrected chi connectivity index (χ4v) is 2.11. The van der Waals surface area contributed by atoms with Crippen molar-refractivity contribution < 1.29 is 28.6 Å². The number of hydrogen-bond acceptors (Lipinski definition) is 6. The van der Waals surface area contributed by atoms with Gasteiger partial charge < -0.3 is 19.5 Å². The number of benzene rings is 1. The highest BCUT2D eigenvalue weighted by Crippen LogP contribution is 2.13. The topological polar surface area (TPSA) is 90.9 Å². The number of esters is 2. The number of rotatable bonds is 9. The van der Waals surface area contributed by atoms with E-state index >= 15 is 0 Å². The molecule has 26 heavy (non-hydrogen) atoms. The van der Waals surface area contributed by atoms with Gasteiger partial charge in [0.15, 0.2) is 6.61 Å². The molecule has 0 bridgehead atoms. The molecular formula is C19H25NO6. The van der Waals surface area contributed by atoms with E-state index in [0.29, 0.717) is 12.2 Å². The average molecular weight is 363 g/mol. The van der Waals surface area contributed by atoms with Crippen molar-refractivity contribution in [1.82, 2.24) is 5.32 Å². The van der Waals surface area contributed by atoms with Gasteiger partial charge in [-0.15, -0.1) is 0 Å². The lowest BCUT2D eigenvalue weighted by atomic mass is 9.99. The fraction of sp³-hybridized carbons (Fsp3) is 0.421. The molecule has 142 valence electrons. The van der Waals surface area contributed by atoms with Crippen molar-refractivity contribution in [3.63, 3.8) is 0 Å². The second-order valence-corrected chi connectivity index (χ2v) is 5.67. The summed E-state index contributed by atoms with van der Waals surface area (Å²) in [6, 6.07) is 6.35. The lowest BCUT2D eigenvalue weighted by Crippen LogP contribution is -2.47. The van der Waals surface area contributed by atoms with E-state index in [0.717, 1.165) is 5.56 Å². The number of amides is 1. The van der Waals surface area contributed by atoms with Gasteiger partial charge in [-0.2, -0.15) is 0 Å². The summed E-state index contributed by atoms with van der Waals surface area (Å²) >= 11 is 0. The van der Waals surface area contributed by atoms with Gasteiger partial charge in [0.05, 0.1) is 14.2 Å². The van der Waals surface area contributed by atoms with Gasteiger partial charge >= 0.3 is 11.9 Å². The van der Waals surface area contributed by atoms with Gasteiger partial charge in [0, 0.05) is 6.08 Å². The van der Waals surface area contributed by atoms with Crippen molar-refractivity contribution in [3.8, 4) is 5.75 Å². The fourth-order valence-electron chi connectivity index (χ4n) is 2.11. The van der Waals surface area contributed by atoms with E-state index in [9.17, 15) is 14.4 Å². The van der Waals surface area contributed by atoms with Gasteiger partial charge in [0.1, 0.15) is 11.8 Å². The normalized spacial score (nSPS) is 12.9. The minimum absolute atomic E-state index is 0.102. The van der Waals surface area contributed by atoms with Crippen LogP contribution in [0.15, 0.2) is 30.3 Å². The summed E-state index contributed by atoms with van der Waals surface area (Å²) in [6.07, 6.45) is 3.46. The smallest absolute Gasteiger partial charge is 0.331 e. The monoisotopic (exact) mass is 363 g/mol. The molecule has 0 aromatic heterocycles. The zero-order valence-electron chi connectivity index (χ0n) is 15.5. The third-order valence-corrected chi connectivity index (χ3v) is 3.84. The van der Waals surface area contributed by atoms with Crippen LogP contribution < -0.4 is 10.1 Å². The molecule has 1 aromatic carbocycles. The highest BCUT2D eigenvalue weighted by Gasteiger charge is 2.26. The van der Waals surface area contributed by atoms with Gasteiger partial charge in [-0.05, 0) is 29.7 Å². The van der Waals surface area contributed by atoms with E-state index in [2.05, 4.69) is 10.1 Å². The van der Waals surface area contributed by atoms with Crippen LogP contribution in [0.1, 0.15) is 25.8 Å². The highest BCUT2D eigenvalue weighted by atomic mass is 16.5. The second-order valence-electron chi connectivity index (χ2n) is 5.67. The van der Waals surface area contributed by atoms with Crippen LogP contribution >= 0.6 is 0 Å². The van der Waals surface area contributed by atoms with Crippen molar-refractivity contribution in [1.29, 1.82) is 0 Å². The molecule has 0 saturated heterocycles. The maximum atomic E-state index is 11.9. The average Bonchev–Trinajstić information content (AvgIpc) is 2.67. The Hall–Kier alpha value is -2.83. The van der Waals surface area contributed by atoms with E-state index in [4.69, 9.17) is 9.47 Å². The molecule has 0 saturated carbocycles. The Morgan fingerprint density at radius 2 is 1.96 bits per heavy atom. The van der Waals surface area contributed by atoms with Gasteiger partial charge in [-0.3, -0.25) is 4.79 Å². The molecule has 2 atom stereocenters. The summed E-state index contributed by atoms with van der Waals surface area (Å²) in [5.74, 6) is -1.20. The van der Waals surface area contributed by atoms with E-state index in [1.807, 2.05) is 13.8 Å². The predicted octanol–water partition coefficient (Wildman–Crippen LogP) is 1.96. The van der Waals surface area contributed by atoms with Crippen molar-refractivity contribution in [2.24, 2.45) is 5.92 Å². The summed E-state index contributed by atoms with van der Waals surface area (Å²) in [5, 5.41) is 2.53. The van der Waals surface area contributed by atoms with E-state index in [1.54, 1.807) is 37.5 Å². The number of carbonyl (C=O) groups excluding carboxylic acids is 3. The molecule has 1 aromatic rings. The van der Waals surface area contributed by atoms with Crippen LogP contribution in [0, 0.1) is 5.92 Å². The maximum absolute atomic E-state index is 11.9. The molecule has 1 N–H and O–H groups in total. The number of methoxy groups -OCH3 is 2. The number of carbonyl (C=O) groups is 3. The van der Waals surface area contributed by atoms with Crippen LogP contribution in [0.3, 0.4) is 0 Å². The van der Waals surface area contributed by atoms with Crippen LogP contribution in [-0.2, 0) is 23.9 Å². The molecule has 1 amide bonds. The number of nitrogens with one attached hydrogen (secondary N) is 1. The molecular weight excluding hydrogens is 338 g/mol. The highest BCUT2D eigenvalue weighted by molar-refractivity contribution is 5.90. The van der Waals surface area contributed by atoms with Crippen molar-refractivity contribution in [2.75, 3.05) is 20.8 Å². The van der Waals surface area contributed by atoms with E-state index < -0.39 is 30.5 Å². The van der Waals surface area contributed by atoms with Gasteiger partial charge in [0.2, 0.25) is 0 Å². The minimum Gasteiger partial charge on any atom is -0.497 e. The van der Waals surface area contributed by atoms with Gasteiger partial charge in [0.25, 0.3) is 5.91 Å². The predicted molar refractivity (Wildman–Crippen MR) is 96.4 cm³/mol. The minimum atomic E-state index is -0.775. The first-order chi connectivity index (χ1) is 12.4. The third-order valence-electron chi connectivity index (χ3n) is 3.84. The molecule has 7 heteroatoms. The Morgan fingerprint density at radius 3 is 2.58 bits per heavy atom. The molecule has 0 aliphatic carbocycles. The van der Waals surface area contributed by atoms with Crippen LogP contribution in [-0.4, -0.2) is 44.7 Å². The Morgan fingerprint density at radius 1 is 1.23 bits per heavy atom. The Labute approximate surface area is 153 Å². The third kappa shape index (κ3) is 6.96. The standard InChI is InChI=1S/C19H25NO6/c1-5-13(2)18(19(23)25-4)20-16(21)12-26-17(22)10-9-14-7-6-8-15(11-14)24-3/h6-11,13,18H,5,12H2,1-4H3,(H,20,21)/b10-9+/t13-,18+/m1/s1. The lowest BCUT2D eigenvalue weighted by Gasteiger charge is -2.21. The molecule has 0 unspecified atom stereocenters. The first-order valence-corrected chi connectivity index (χ1v) is 8.27. The summed E-state index contributed by atoms with van der Waals surface area (Å²) in [6.45, 7) is 3.24. The Kier molecular flexibility index (Phi) is 8.91. The van der Waals surface area contributed by atoms with Gasteiger partial charge in [-0.1, -0.05) is 32.4 Å². The molecule has 0 aliphatic heterocycles. The van der Waals surface area contributed by atoms with Crippen molar-refractivity contribution in [3.05, 3.63) is 35.9 Å². The number of ether oxygens (including phenoxy) is 3. The lowest BCUT2D eigenvalue weighted by molar-refractivity contribution is -0.148. The van der Waals surface area contributed by atoms with Crippen LogP contribution in [0.4, 0.5) is 0 Å². The SMILES string of the molecule is CC[C@@H](C)[C@H](NC(=O)COC(=O)/C=C/c1cccc(OC)c1)C(=O)OC. The molecule has 0 heterocycles. The molecule has 0 radical (unpaired) electrons. The molecule has 7 nitrogen and oxygen atoms in total. The first kappa shape index (κ1) is 21.2. The second kappa shape index (κ2) is 10.9. The maximum Gasteiger partial charge on any atom is 0.331 e. The molecule has 0 fully saturated rings. The zero-order chi connectivity index (χ0) is 19.5. The summed E-state index contributed by atoms with van der Waals surface area (Å²) in [7, 11) is 2.81. The van der Waals surface area contributed by atoms with E-state index in [-0.39, 0.29) is 5.92 Å². The first-order valence-electron chi connectivity index (χ1n) is 8.27. The number of hydrogen-bond donors (Lipinski definition) is 1. The van der Waals surface area contributed by atoms with Gasteiger partial charge in [-0.25, -0.2) is 9.59 Å². The largest absolute Gasteiger partial charge is 0.497 e. The molecule has 0 aliphatic rings.